The summed E-state index contributed by atoms with van der Waals surface area (Å²) in [4.78, 5) is 22.6. The van der Waals surface area contributed by atoms with Crippen LogP contribution in [-0.4, -0.2) is 31.8 Å². The van der Waals surface area contributed by atoms with Crippen LogP contribution in [0, 0.1) is 0 Å². The number of hydrogen-bond acceptors (Lipinski definition) is 5. The van der Waals surface area contributed by atoms with Crippen molar-refractivity contribution in [2.75, 3.05) is 19.8 Å². The van der Waals surface area contributed by atoms with E-state index in [9.17, 15) is 9.59 Å². The third-order valence-corrected chi connectivity index (χ3v) is 3.93. The van der Waals surface area contributed by atoms with Crippen LogP contribution in [0.1, 0.15) is 78.1 Å². The fourth-order valence-electron chi connectivity index (χ4n) is 2.35. The van der Waals surface area contributed by atoms with Gasteiger partial charge in [0, 0.05) is 6.08 Å². The van der Waals surface area contributed by atoms with E-state index in [1.165, 1.54) is 57.6 Å². The number of carbonyl (C=O) groups excluding carboxylic acids is 2. The fourth-order valence-corrected chi connectivity index (χ4v) is 2.35. The Hall–Kier alpha value is -1.78. The second kappa shape index (κ2) is 18.0. The Morgan fingerprint density at radius 2 is 1.38 bits per heavy atom. The van der Waals surface area contributed by atoms with Crippen LogP contribution in [0.25, 0.3) is 0 Å². The molecule has 0 bridgehead atoms. The van der Waals surface area contributed by atoms with E-state index in [4.69, 9.17) is 14.2 Å². The van der Waals surface area contributed by atoms with Crippen LogP contribution in [0.5, 0.6) is 0 Å². The summed E-state index contributed by atoms with van der Waals surface area (Å²) < 4.78 is 15.1. The molecule has 0 fully saturated rings. The molecular weight excluding hydrogens is 332 g/mol. The van der Waals surface area contributed by atoms with Crippen molar-refractivity contribution in [2.45, 2.75) is 78.1 Å². The van der Waals surface area contributed by atoms with Gasteiger partial charge in [0.05, 0.1) is 18.4 Å². The molecule has 0 N–H and O–H groups in total. The molecule has 0 heterocycles. The van der Waals surface area contributed by atoms with Crippen molar-refractivity contribution >= 4 is 11.9 Å². The summed E-state index contributed by atoms with van der Waals surface area (Å²) in [6.07, 6.45) is 14.9. The van der Waals surface area contributed by atoms with E-state index in [0.29, 0.717) is 12.2 Å². The Morgan fingerprint density at radius 3 is 1.96 bits per heavy atom. The Labute approximate surface area is 158 Å². The Kier molecular flexibility index (Phi) is 16.8. The molecule has 0 spiro atoms. The van der Waals surface area contributed by atoms with E-state index in [1.54, 1.807) is 6.92 Å². The van der Waals surface area contributed by atoms with Crippen LogP contribution in [0.2, 0.25) is 0 Å². The third kappa shape index (κ3) is 15.7. The lowest BCUT2D eigenvalue weighted by Crippen LogP contribution is -2.09. The maximum absolute atomic E-state index is 11.8. The SMILES string of the molecule is C=CC(=O)OCCOC=C(C)C(=O)OCCCCCCCCCCCC. The normalized spacial score (nSPS) is 11.1. The highest BCUT2D eigenvalue weighted by Crippen LogP contribution is 2.10. The van der Waals surface area contributed by atoms with Crippen molar-refractivity contribution in [2.24, 2.45) is 0 Å². The minimum Gasteiger partial charge on any atom is -0.497 e. The van der Waals surface area contributed by atoms with Crippen molar-refractivity contribution in [3.63, 3.8) is 0 Å². The van der Waals surface area contributed by atoms with E-state index < -0.39 is 5.97 Å². The molecule has 0 atom stereocenters. The molecule has 0 saturated heterocycles. The van der Waals surface area contributed by atoms with Gasteiger partial charge in [-0.3, -0.25) is 0 Å². The molecule has 0 aromatic rings. The minimum atomic E-state index is -0.495. The lowest BCUT2D eigenvalue weighted by molar-refractivity contribution is -0.140. The van der Waals surface area contributed by atoms with Gasteiger partial charge in [-0.05, 0) is 13.3 Å². The van der Waals surface area contributed by atoms with E-state index in [-0.39, 0.29) is 19.2 Å². The molecule has 0 amide bonds. The minimum absolute atomic E-state index is 0.113. The molecule has 0 unspecified atom stereocenters. The van der Waals surface area contributed by atoms with Gasteiger partial charge in [-0.1, -0.05) is 71.3 Å². The molecule has 0 radical (unpaired) electrons. The summed E-state index contributed by atoms with van der Waals surface area (Å²) in [7, 11) is 0. The van der Waals surface area contributed by atoms with Crippen LogP contribution in [0.15, 0.2) is 24.5 Å². The molecule has 150 valence electrons. The van der Waals surface area contributed by atoms with Crippen LogP contribution in [-0.2, 0) is 23.8 Å². The van der Waals surface area contributed by atoms with E-state index in [1.807, 2.05) is 0 Å². The molecule has 0 aliphatic carbocycles. The molecular formula is C21H36O5. The quantitative estimate of drug-likeness (QED) is 0.155. The molecule has 5 heteroatoms. The zero-order valence-electron chi connectivity index (χ0n) is 16.6. The standard InChI is InChI=1S/C21H36O5/c1-4-6-7-8-9-10-11-12-13-14-15-26-21(23)19(3)18-24-16-17-25-20(22)5-2/h5,18H,2,4,6-17H2,1,3H3. The summed E-state index contributed by atoms with van der Waals surface area (Å²) >= 11 is 0. The summed E-state index contributed by atoms with van der Waals surface area (Å²) in [5, 5.41) is 0. The highest BCUT2D eigenvalue weighted by molar-refractivity contribution is 5.87. The van der Waals surface area contributed by atoms with Crippen molar-refractivity contribution in [1.82, 2.24) is 0 Å². The van der Waals surface area contributed by atoms with Crippen molar-refractivity contribution in [3.05, 3.63) is 24.5 Å². The number of unbranched alkanes of at least 4 members (excludes halogenated alkanes) is 9. The first-order valence-corrected chi connectivity index (χ1v) is 9.86. The second-order valence-corrected chi connectivity index (χ2v) is 6.36. The Balaban J connectivity index is 3.50. The molecule has 0 aromatic heterocycles. The van der Waals surface area contributed by atoms with Crippen LogP contribution in [0.3, 0.4) is 0 Å². The molecule has 5 nitrogen and oxygen atoms in total. The van der Waals surface area contributed by atoms with Gasteiger partial charge in [0.15, 0.2) is 0 Å². The first-order valence-electron chi connectivity index (χ1n) is 9.86. The van der Waals surface area contributed by atoms with Crippen LogP contribution >= 0.6 is 0 Å². The van der Waals surface area contributed by atoms with Gasteiger partial charge >= 0.3 is 11.9 Å². The van der Waals surface area contributed by atoms with Crippen LogP contribution in [0.4, 0.5) is 0 Å². The summed E-state index contributed by atoms with van der Waals surface area (Å²) in [6, 6.07) is 0. The molecule has 0 aromatic carbocycles. The Bertz CT molecular complexity index is 415. The van der Waals surface area contributed by atoms with Gasteiger partial charge in [-0.25, -0.2) is 9.59 Å². The number of rotatable bonds is 17. The maximum Gasteiger partial charge on any atom is 0.336 e. The smallest absolute Gasteiger partial charge is 0.336 e. The van der Waals surface area contributed by atoms with Gasteiger partial charge in [0.1, 0.15) is 13.2 Å². The number of hydrogen-bond donors (Lipinski definition) is 0. The Morgan fingerprint density at radius 1 is 0.808 bits per heavy atom. The highest BCUT2D eigenvalue weighted by atomic mass is 16.6. The predicted molar refractivity (Wildman–Crippen MR) is 104 cm³/mol. The lowest BCUT2D eigenvalue weighted by Gasteiger charge is -2.06. The largest absolute Gasteiger partial charge is 0.497 e. The number of esters is 2. The van der Waals surface area contributed by atoms with Crippen LogP contribution < -0.4 is 0 Å². The van der Waals surface area contributed by atoms with Gasteiger partial charge in [-0.2, -0.15) is 0 Å². The molecule has 0 aliphatic rings. The third-order valence-electron chi connectivity index (χ3n) is 3.93. The number of carbonyl (C=O) groups is 2. The van der Waals surface area contributed by atoms with Gasteiger partial charge in [0.2, 0.25) is 0 Å². The number of ether oxygens (including phenoxy) is 3. The first-order chi connectivity index (χ1) is 12.6. The summed E-state index contributed by atoms with van der Waals surface area (Å²) in [5.74, 6) is -0.866. The van der Waals surface area contributed by atoms with Gasteiger partial charge in [0.25, 0.3) is 0 Å². The topological polar surface area (TPSA) is 61.8 Å². The van der Waals surface area contributed by atoms with Gasteiger partial charge < -0.3 is 14.2 Å². The lowest BCUT2D eigenvalue weighted by atomic mass is 10.1. The molecule has 0 rings (SSSR count). The molecule has 26 heavy (non-hydrogen) atoms. The average molecular weight is 369 g/mol. The average Bonchev–Trinajstić information content (AvgIpc) is 2.65. The van der Waals surface area contributed by atoms with Crippen molar-refractivity contribution in [3.8, 4) is 0 Å². The monoisotopic (exact) mass is 368 g/mol. The highest BCUT2D eigenvalue weighted by Gasteiger charge is 2.06. The zero-order chi connectivity index (χ0) is 19.5. The summed E-state index contributed by atoms with van der Waals surface area (Å²) in [5.41, 5.74) is 0.395. The van der Waals surface area contributed by atoms with E-state index in [0.717, 1.165) is 18.9 Å². The maximum atomic E-state index is 11.8. The molecule has 0 saturated carbocycles. The fraction of sp³-hybridized carbons (Fsp3) is 0.714. The second-order valence-electron chi connectivity index (χ2n) is 6.36. The van der Waals surface area contributed by atoms with Crippen molar-refractivity contribution in [1.29, 1.82) is 0 Å². The molecule has 0 aliphatic heterocycles. The zero-order valence-corrected chi connectivity index (χ0v) is 16.6. The van der Waals surface area contributed by atoms with Crippen molar-refractivity contribution < 1.29 is 23.8 Å². The van der Waals surface area contributed by atoms with Gasteiger partial charge in [-0.15, -0.1) is 0 Å². The summed E-state index contributed by atoms with van der Waals surface area (Å²) in [6.45, 7) is 7.90. The van der Waals surface area contributed by atoms with E-state index >= 15 is 0 Å². The van der Waals surface area contributed by atoms with E-state index in [2.05, 4.69) is 13.5 Å². The predicted octanol–water partition coefficient (Wildman–Crippen LogP) is 5.10. The first kappa shape index (κ1) is 24.2.